The fourth-order valence-electron chi connectivity index (χ4n) is 2.69. The van der Waals surface area contributed by atoms with Crippen molar-refractivity contribution in [3.05, 3.63) is 54.0 Å². The van der Waals surface area contributed by atoms with E-state index in [0.29, 0.717) is 12.2 Å². The Bertz CT molecular complexity index is 876. The molecular weight excluding hydrogens is 286 g/mol. The Balaban J connectivity index is 2.10. The summed E-state index contributed by atoms with van der Waals surface area (Å²) in [6, 6.07) is 8.55. The molecule has 0 unspecified atom stereocenters. The van der Waals surface area contributed by atoms with Gasteiger partial charge in [-0.05, 0) is 31.9 Å². The molecule has 0 saturated heterocycles. The third-order valence-corrected chi connectivity index (χ3v) is 3.87. The van der Waals surface area contributed by atoms with Crippen molar-refractivity contribution in [2.45, 2.75) is 33.2 Å². The number of nitrogen functional groups attached to an aromatic ring is 1. The molecule has 0 aliphatic heterocycles. The molecule has 2 aromatic heterocycles. The zero-order valence-electron chi connectivity index (χ0n) is 13.7. The van der Waals surface area contributed by atoms with E-state index in [1.807, 2.05) is 17.7 Å². The average molecular weight is 307 g/mol. The minimum absolute atomic E-state index is 0.210. The summed E-state index contributed by atoms with van der Waals surface area (Å²) in [6.07, 6.45) is 2.18. The SMILES string of the molecule is C=C(C)c1cccc(Cc2nn(C(C)C)c3ncnc(N)c23)c1. The summed E-state index contributed by atoms with van der Waals surface area (Å²) in [4.78, 5) is 8.49. The smallest absolute Gasteiger partial charge is 0.163 e. The molecular formula is C18H21N5. The number of rotatable bonds is 4. The number of hydrogen-bond donors (Lipinski definition) is 1. The van der Waals surface area contributed by atoms with Crippen LogP contribution in [0.4, 0.5) is 5.82 Å². The van der Waals surface area contributed by atoms with E-state index in [1.54, 1.807) is 0 Å². The van der Waals surface area contributed by atoms with Crippen molar-refractivity contribution in [3.8, 4) is 0 Å². The summed E-state index contributed by atoms with van der Waals surface area (Å²) < 4.78 is 1.91. The fourth-order valence-corrected chi connectivity index (χ4v) is 2.69. The molecule has 0 spiro atoms. The second-order valence-corrected chi connectivity index (χ2v) is 6.10. The third kappa shape index (κ3) is 2.82. The maximum absolute atomic E-state index is 6.08. The summed E-state index contributed by atoms with van der Waals surface area (Å²) in [5, 5.41) is 5.58. The maximum atomic E-state index is 6.08. The zero-order chi connectivity index (χ0) is 16.6. The Hall–Kier alpha value is -2.69. The molecule has 0 atom stereocenters. The van der Waals surface area contributed by atoms with Gasteiger partial charge in [-0.2, -0.15) is 5.10 Å². The van der Waals surface area contributed by atoms with Crippen molar-refractivity contribution in [2.75, 3.05) is 5.73 Å². The van der Waals surface area contributed by atoms with Crippen LogP contribution >= 0.6 is 0 Å². The molecule has 0 saturated carbocycles. The largest absolute Gasteiger partial charge is 0.383 e. The van der Waals surface area contributed by atoms with Crippen LogP contribution in [-0.2, 0) is 6.42 Å². The van der Waals surface area contributed by atoms with Crippen LogP contribution in [0.25, 0.3) is 16.6 Å². The second kappa shape index (κ2) is 5.83. The molecule has 3 rings (SSSR count). The molecule has 118 valence electrons. The number of hydrogen-bond acceptors (Lipinski definition) is 4. The highest BCUT2D eigenvalue weighted by atomic mass is 15.3. The van der Waals surface area contributed by atoms with Gasteiger partial charge in [0.15, 0.2) is 5.65 Å². The van der Waals surface area contributed by atoms with Gasteiger partial charge in [-0.3, -0.25) is 0 Å². The van der Waals surface area contributed by atoms with E-state index in [9.17, 15) is 0 Å². The monoisotopic (exact) mass is 307 g/mol. The first kappa shape index (κ1) is 15.2. The van der Waals surface area contributed by atoms with Crippen LogP contribution in [0.15, 0.2) is 37.2 Å². The topological polar surface area (TPSA) is 69.6 Å². The quantitative estimate of drug-likeness (QED) is 0.799. The van der Waals surface area contributed by atoms with Gasteiger partial charge >= 0.3 is 0 Å². The van der Waals surface area contributed by atoms with Gasteiger partial charge in [0.25, 0.3) is 0 Å². The van der Waals surface area contributed by atoms with Crippen LogP contribution in [-0.4, -0.2) is 19.7 Å². The number of benzene rings is 1. The van der Waals surface area contributed by atoms with Crippen LogP contribution in [0, 0.1) is 0 Å². The van der Waals surface area contributed by atoms with E-state index in [1.165, 1.54) is 11.9 Å². The fraction of sp³-hybridized carbons (Fsp3) is 0.278. The van der Waals surface area contributed by atoms with Gasteiger partial charge < -0.3 is 5.73 Å². The van der Waals surface area contributed by atoms with Crippen molar-refractivity contribution in [1.29, 1.82) is 0 Å². The highest BCUT2D eigenvalue weighted by Gasteiger charge is 2.17. The number of fused-ring (bicyclic) bond motifs is 1. The Labute approximate surface area is 135 Å². The highest BCUT2D eigenvalue weighted by molar-refractivity contribution is 5.88. The van der Waals surface area contributed by atoms with E-state index in [4.69, 9.17) is 10.8 Å². The lowest BCUT2D eigenvalue weighted by atomic mass is 10.0. The zero-order valence-corrected chi connectivity index (χ0v) is 13.7. The first-order chi connectivity index (χ1) is 11.0. The molecule has 2 heterocycles. The Kier molecular flexibility index (Phi) is 3.86. The molecule has 5 heteroatoms. The highest BCUT2D eigenvalue weighted by Crippen LogP contribution is 2.26. The van der Waals surface area contributed by atoms with Gasteiger partial charge in [-0.1, -0.05) is 36.4 Å². The lowest BCUT2D eigenvalue weighted by Gasteiger charge is -2.05. The lowest BCUT2D eigenvalue weighted by molar-refractivity contribution is 0.541. The van der Waals surface area contributed by atoms with Gasteiger partial charge in [0.1, 0.15) is 12.1 Å². The molecule has 3 aromatic rings. The van der Waals surface area contributed by atoms with Gasteiger partial charge in [-0.25, -0.2) is 14.6 Å². The number of aromatic nitrogens is 4. The minimum Gasteiger partial charge on any atom is -0.383 e. The third-order valence-electron chi connectivity index (χ3n) is 3.87. The number of allylic oxidation sites excluding steroid dienone is 1. The molecule has 0 fully saturated rings. The van der Waals surface area contributed by atoms with Gasteiger partial charge in [-0.15, -0.1) is 0 Å². The molecule has 5 nitrogen and oxygen atoms in total. The summed E-state index contributed by atoms with van der Waals surface area (Å²) in [6.45, 7) is 10.2. The normalized spacial score (nSPS) is 11.3. The number of anilines is 1. The maximum Gasteiger partial charge on any atom is 0.163 e. The van der Waals surface area contributed by atoms with E-state index in [2.05, 4.69) is 48.6 Å². The molecule has 0 bridgehead atoms. The number of nitrogens with zero attached hydrogens (tertiary/aromatic N) is 4. The van der Waals surface area contributed by atoms with Gasteiger partial charge in [0, 0.05) is 12.5 Å². The second-order valence-electron chi connectivity index (χ2n) is 6.10. The molecule has 0 aliphatic carbocycles. The van der Waals surface area contributed by atoms with Crippen LogP contribution < -0.4 is 5.73 Å². The predicted octanol–water partition coefficient (Wildman–Crippen LogP) is 3.61. The van der Waals surface area contributed by atoms with E-state index >= 15 is 0 Å². The standard InChI is InChI=1S/C18H21N5/c1-11(2)14-7-5-6-13(8-14)9-15-16-17(19)20-10-21-18(16)23(22-15)12(3)4/h5-8,10,12H,1,9H2,2-4H3,(H2,19,20,21). The summed E-state index contributed by atoms with van der Waals surface area (Å²) >= 11 is 0. The predicted molar refractivity (Wildman–Crippen MR) is 94.1 cm³/mol. The van der Waals surface area contributed by atoms with Crippen molar-refractivity contribution >= 4 is 22.4 Å². The van der Waals surface area contributed by atoms with Crippen molar-refractivity contribution < 1.29 is 0 Å². The average Bonchev–Trinajstić information content (AvgIpc) is 2.88. The molecule has 0 amide bonds. The van der Waals surface area contributed by atoms with E-state index in [0.717, 1.165) is 27.9 Å². The summed E-state index contributed by atoms with van der Waals surface area (Å²) in [5.41, 5.74) is 11.1. The van der Waals surface area contributed by atoms with E-state index < -0.39 is 0 Å². The Morgan fingerprint density at radius 3 is 2.78 bits per heavy atom. The molecule has 0 aliphatic rings. The molecule has 1 aromatic carbocycles. The first-order valence-electron chi connectivity index (χ1n) is 7.69. The summed E-state index contributed by atoms with van der Waals surface area (Å²) in [5.74, 6) is 0.480. The number of nitrogens with two attached hydrogens (primary N) is 1. The lowest BCUT2D eigenvalue weighted by Crippen LogP contribution is -2.04. The van der Waals surface area contributed by atoms with Crippen molar-refractivity contribution in [1.82, 2.24) is 19.7 Å². The molecule has 23 heavy (non-hydrogen) atoms. The van der Waals surface area contributed by atoms with Crippen LogP contribution in [0.3, 0.4) is 0 Å². The summed E-state index contributed by atoms with van der Waals surface area (Å²) in [7, 11) is 0. The Morgan fingerprint density at radius 2 is 2.09 bits per heavy atom. The first-order valence-corrected chi connectivity index (χ1v) is 7.69. The van der Waals surface area contributed by atoms with Crippen LogP contribution in [0.2, 0.25) is 0 Å². The van der Waals surface area contributed by atoms with Crippen LogP contribution in [0.5, 0.6) is 0 Å². The molecule has 0 radical (unpaired) electrons. The molecule has 2 N–H and O–H groups in total. The Morgan fingerprint density at radius 1 is 1.30 bits per heavy atom. The van der Waals surface area contributed by atoms with Gasteiger partial charge in [0.2, 0.25) is 0 Å². The van der Waals surface area contributed by atoms with Gasteiger partial charge in [0.05, 0.1) is 11.1 Å². The van der Waals surface area contributed by atoms with Crippen molar-refractivity contribution in [2.24, 2.45) is 0 Å². The minimum atomic E-state index is 0.210. The van der Waals surface area contributed by atoms with Crippen LogP contribution in [0.1, 0.15) is 43.6 Å². The van der Waals surface area contributed by atoms with Crippen molar-refractivity contribution in [3.63, 3.8) is 0 Å². The van der Waals surface area contributed by atoms with E-state index in [-0.39, 0.29) is 6.04 Å².